The maximum atomic E-state index is 6.22. The van der Waals surface area contributed by atoms with Gasteiger partial charge in [0.1, 0.15) is 18.0 Å². The molecular weight excluding hydrogens is 468 g/mol. The minimum absolute atomic E-state index is 0.375. The van der Waals surface area contributed by atoms with Crippen LogP contribution in [-0.2, 0) is 4.74 Å². The Kier molecular flexibility index (Phi) is 5.71. The summed E-state index contributed by atoms with van der Waals surface area (Å²) < 4.78 is 6.36. The van der Waals surface area contributed by atoms with Crippen LogP contribution in [0.4, 0.5) is 11.6 Å². The Morgan fingerprint density at radius 3 is 2.81 bits per heavy atom. The molecule has 1 fully saturated rings. The van der Waals surface area contributed by atoms with Crippen molar-refractivity contribution in [3.63, 3.8) is 0 Å². The van der Waals surface area contributed by atoms with Crippen molar-refractivity contribution < 1.29 is 4.74 Å². The summed E-state index contributed by atoms with van der Waals surface area (Å²) in [5.41, 5.74) is 10.4. The molecule has 1 atom stereocenters. The quantitative estimate of drug-likeness (QED) is 0.432. The monoisotopic (exact) mass is 490 g/mol. The zero-order valence-electron chi connectivity index (χ0n) is 17.7. The first kappa shape index (κ1) is 20.8. The van der Waals surface area contributed by atoms with Crippen LogP contribution < -0.4 is 10.6 Å². The average molecular weight is 491 g/mol. The molecule has 0 radical (unpaired) electrons. The molecule has 2 N–H and O–H groups in total. The Morgan fingerprint density at radius 2 is 2.03 bits per heavy atom. The van der Waals surface area contributed by atoms with Gasteiger partial charge in [-0.25, -0.2) is 19.9 Å². The van der Waals surface area contributed by atoms with Gasteiger partial charge in [0.15, 0.2) is 5.65 Å². The van der Waals surface area contributed by atoms with E-state index < -0.39 is 0 Å². The lowest BCUT2D eigenvalue weighted by Gasteiger charge is -2.25. The number of nitrogens with two attached hydrogens (primary N) is 1. The van der Waals surface area contributed by atoms with Gasteiger partial charge in [-0.3, -0.25) is 0 Å². The lowest BCUT2D eigenvalue weighted by molar-refractivity contribution is 0.180. The zero-order valence-corrected chi connectivity index (χ0v) is 19.3. The lowest BCUT2D eigenvalue weighted by atomic mass is 10.0. The van der Waals surface area contributed by atoms with E-state index in [1.165, 1.54) is 6.33 Å². The van der Waals surface area contributed by atoms with Crippen LogP contribution >= 0.6 is 15.9 Å². The largest absolute Gasteiger partial charge is 0.383 e. The number of benzene rings is 1. The van der Waals surface area contributed by atoms with E-state index in [9.17, 15) is 0 Å². The molecule has 3 aromatic heterocycles. The highest BCUT2D eigenvalue weighted by Crippen LogP contribution is 2.35. The summed E-state index contributed by atoms with van der Waals surface area (Å²) in [7, 11) is 1.75. The van der Waals surface area contributed by atoms with Crippen molar-refractivity contribution in [2.45, 2.75) is 18.9 Å². The molecule has 1 aliphatic heterocycles. The molecule has 7 nitrogen and oxygen atoms in total. The second-order valence-electron chi connectivity index (χ2n) is 7.87. The third-order valence-electron chi connectivity index (χ3n) is 5.84. The molecule has 1 aromatic carbocycles. The van der Waals surface area contributed by atoms with E-state index in [-0.39, 0.29) is 0 Å². The van der Waals surface area contributed by atoms with Crippen molar-refractivity contribution in [2.24, 2.45) is 0 Å². The van der Waals surface area contributed by atoms with Crippen LogP contribution in [0.15, 0.2) is 59.5 Å². The Balaban J connectivity index is 1.58. The van der Waals surface area contributed by atoms with Crippen LogP contribution in [0.2, 0.25) is 0 Å². The number of ether oxygens (including phenoxy) is 1. The van der Waals surface area contributed by atoms with E-state index in [1.54, 1.807) is 7.11 Å². The normalized spacial score (nSPS) is 16.1. The van der Waals surface area contributed by atoms with Crippen molar-refractivity contribution >= 4 is 38.6 Å². The number of hydrogen-bond donors (Lipinski definition) is 1. The molecule has 1 saturated heterocycles. The molecule has 32 heavy (non-hydrogen) atoms. The summed E-state index contributed by atoms with van der Waals surface area (Å²) in [6, 6.07) is 14.6. The van der Waals surface area contributed by atoms with Crippen LogP contribution in [0.25, 0.3) is 33.4 Å². The van der Waals surface area contributed by atoms with Gasteiger partial charge in [0.2, 0.25) is 0 Å². The highest BCUT2D eigenvalue weighted by molar-refractivity contribution is 9.10. The van der Waals surface area contributed by atoms with Crippen molar-refractivity contribution in [2.75, 3.05) is 30.9 Å². The van der Waals surface area contributed by atoms with Crippen molar-refractivity contribution in [3.05, 3.63) is 59.5 Å². The standard InChI is InChI=1S/C24H23BrN6O/c1-32-13-18-6-3-9-31(18)21-8-7-16(12-27-21)20-11-19(15-4-2-5-17(25)10-15)22-23(26)28-14-29-24(22)30-20/h2,4-5,7-8,10-12,14,18H,3,6,9,13H2,1H3,(H2,26,28,29,30)/t18-/m0/s1. The summed E-state index contributed by atoms with van der Waals surface area (Å²) in [5.74, 6) is 1.38. The molecule has 5 rings (SSSR count). The fourth-order valence-electron chi connectivity index (χ4n) is 4.33. The second kappa shape index (κ2) is 8.80. The van der Waals surface area contributed by atoms with Gasteiger partial charge < -0.3 is 15.4 Å². The van der Waals surface area contributed by atoms with Gasteiger partial charge in [-0.05, 0) is 54.3 Å². The van der Waals surface area contributed by atoms with Crippen molar-refractivity contribution in [1.29, 1.82) is 0 Å². The number of nitrogens with zero attached hydrogens (tertiary/aromatic N) is 5. The molecule has 162 valence electrons. The van der Waals surface area contributed by atoms with E-state index in [2.05, 4.69) is 49.0 Å². The van der Waals surface area contributed by atoms with E-state index >= 15 is 0 Å². The zero-order chi connectivity index (χ0) is 22.1. The number of aromatic nitrogens is 4. The molecule has 1 aliphatic rings. The van der Waals surface area contributed by atoms with Crippen LogP contribution in [0, 0.1) is 0 Å². The number of hydrogen-bond acceptors (Lipinski definition) is 7. The predicted octanol–water partition coefficient (Wildman–Crippen LogP) is 4.71. The maximum absolute atomic E-state index is 6.22. The van der Waals surface area contributed by atoms with Crippen LogP contribution in [0.1, 0.15) is 12.8 Å². The molecule has 0 unspecified atom stereocenters. The number of anilines is 2. The number of pyridine rings is 2. The SMILES string of the molecule is COC[C@@H]1CCCN1c1ccc(-c2cc(-c3cccc(Br)c3)c3c(N)ncnc3n2)cn1. The molecule has 0 amide bonds. The minimum Gasteiger partial charge on any atom is -0.383 e. The fraction of sp³-hybridized carbons (Fsp3) is 0.250. The number of rotatable bonds is 5. The summed E-state index contributed by atoms with van der Waals surface area (Å²) in [5, 5.41) is 0.749. The summed E-state index contributed by atoms with van der Waals surface area (Å²) in [6.07, 6.45) is 5.60. The summed E-state index contributed by atoms with van der Waals surface area (Å²) in [6.45, 7) is 1.71. The third kappa shape index (κ3) is 3.91. The summed E-state index contributed by atoms with van der Waals surface area (Å²) in [4.78, 5) is 20.4. The van der Waals surface area contributed by atoms with Gasteiger partial charge in [-0.1, -0.05) is 28.1 Å². The van der Waals surface area contributed by atoms with Gasteiger partial charge in [0, 0.05) is 29.9 Å². The van der Waals surface area contributed by atoms with E-state index in [0.29, 0.717) is 24.1 Å². The molecule has 0 aliphatic carbocycles. The molecular formula is C24H23BrN6O. The van der Waals surface area contributed by atoms with Crippen LogP contribution in [0.3, 0.4) is 0 Å². The Labute approximate surface area is 194 Å². The highest BCUT2D eigenvalue weighted by atomic mass is 79.9. The van der Waals surface area contributed by atoms with Gasteiger partial charge in [0.25, 0.3) is 0 Å². The number of nitrogen functional groups attached to an aromatic ring is 1. The lowest BCUT2D eigenvalue weighted by Crippen LogP contribution is -2.33. The average Bonchev–Trinajstić information content (AvgIpc) is 3.27. The number of halogens is 1. The van der Waals surface area contributed by atoms with E-state index in [1.807, 2.05) is 30.5 Å². The fourth-order valence-corrected chi connectivity index (χ4v) is 4.73. The van der Waals surface area contributed by atoms with Gasteiger partial charge in [-0.15, -0.1) is 0 Å². The first-order valence-electron chi connectivity index (χ1n) is 10.5. The Morgan fingerprint density at radius 1 is 1.12 bits per heavy atom. The first-order valence-corrected chi connectivity index (χ1v) is 11.3. The maximum Gasteiger partial charge on any atom is 0.165 e. The second-order valence-corrected chi connectivity index (χ2v) is 8.79. The number of methoxy groups -OCH3 is 1. The van der Waals surface area contributed by atoms with Gasteiger partial charge >= 0.3 is 0 Å². The van der Waals surface area contributed by atoms with Crippen molar-refractivity contribution in [1.82, 2.24) is 19.9 Å². The molecule has 0 bridgehead atoms. The smallest absolute Gasteiger partial charge is 0.165 e. The minimum atomic E-state index is 0.375. The molecule has 0 saturated carbocycles. The third-order valence-corrected chi connectivity index (χ3v) is 6.34. The van der Waals surface area contributed by atoms with E-state index in [4.69, 9.17) is 20.4 Å². The summed E-state index contributed by atoms with van der Waals surface area (Å²) >= 11 is 3.56. The predicted molar refractivity (Wildman–Crippen MR) is 130 cm³/mol. The Bertz CT molecular complexity index is 1260. The van der Waals surface area contributed by atoms with Gasteiger partial charge in [-0.2, -0.15) is 0 Å². The topological polar surface area (TPSA) is 90.1 Å². The Hall–Kier alpha value is -3.10. The van der Waals surface area contributed by atoms with Crippen LogP contribution in [-0.4, -0.2) is 46.2 Å². The van der Waals surface area contributed by atoms with Crippen LogP contribution in [0.5, 0.6) is 0 Å². The molecule has 4 heterocycles. The molecule has 8 heteroatoms. The molecule has 0 spiro atoms. The highest BCUT2D eigenvalue weighted by Gasteiger charge is 2.25. The molecule has 4 aromatic rings. The number of fused-ring (bicyclic) bond motifs is 1. The van der Waals surface area contributed by atoms with Crippen molar-refractivity contribution in [3.8, 4) is 22.4 Å². The van der Waals surface area contributed by atoms with Gasteiger partial charge in [0.05, 0.1) is 23.7 Å². The first-order chi connectivity index (χ1) is 15.6. The van der Waals surface area contributed by atoms with E-state index in [0.717, 1.165) is 57.4 Å².